The van der Waals surface area contributed by atoms with Gasteiger partial charge in [0.25, 0.3) is 5.56 Å². The molecule has 5 rings (SSSR count). The minimum atomic E-state index is -0.214. The Hall–Kier alpha value is -2.72. The zero-order valence-electron chi connectivity index (χ0n) is 17.6. The molecule has 0 radical (unpaired) electrons. The van der Waals surface area contributed by atoms with Crippen molar-refractivity contribution in [2.24, 2.45) is 0 Å². The largest absolute Gasteiger partial charge is 0.375 e. The number of hydrogen-bond acceptors (Lipinski definition) is 6. The van der Waals surface area contributed by atoms with Crippen molar-refractivity contribution in [2.75, 3.05) is 31.7 Å². The van der Waals surface area contributed by atoms with Gasteiger partial charge in [0.1, 0.15) is 12.0 Å². The third-order valence-corrected chi connectivity index (χ3v) is 6.62. The Morgan fingerprint density at radius 1 is 1.26 bits per heavy atom. The van der Waals surface area contributed by atoms with Crippen molar-refractivity contribution in [1.29, 1.82) is 0 Å². The summed E-state index contributed by atoms with van der Waals surface area (Å²) in [6.07, 6.45) is 2.60. The summed E-state index contributed by atoms with van der Waals surface area (Å²) >= 11 is 3.52. The molecule has 10 heteroatoms. The van der Waals surface area contributed by atoms with E-state index in [0.717, 1.165) is 27.7 Å². The summed E-state index contributed by atoms with van der Waals surface area (Å²) in [5, 5.41) is 5.07. The summed E-state index contributed by atoms with van der Waals surface area (Å²) in [5.41, 5.74) is 3.24. The maximum atomic E-state index is 12.8. The smallest absolute Gasteiger partial charge is 0.263 e. The lowest BCUT2D eigenvalue weighted by molar-refractivity contribution is -0.136. The summed E-state index contributed by atoms with van der Waals surface area (Å²) in [4.78, 5) is 36.6. The fourth-order valence-electron chi connectivity index (χ4n) is 4.86. The van der Waals surface area contributed by atoms with Crippen LogP contribution in [0.2, 0.25) is 0 Å². The van der Waals surface area contributed by atoms with Crippen molar-refractivity contribution in [1.82, 2.24) is 24.6 Å². The molecule has 2 bridgehead atoms. The summed E-state index contributed by atoms with van der Waals surface area (Å²) in [6.45, 7) is 5.37. The molecule has 2 aromatic heterocycles. The molecule has 0 saturated carbocycles. The molecule has 2 fully saturated rings. The Morgan fingerprint density at radius 2 is 2.00 bits per heavy atom. The number of aromatic nitrogens is 4. The highest BCUT2D eigenvalue weighted by Crippen LogP contribution is 2.33. The number of halogens is 1. The number of nitrogens with zero attached hydrogens (tertiary/aromatic N) is 5. The van der Waals surface area contributed by atoms with Crippen LogP contribution in [0.1, 0.15) is 17.5 Å². The number of hydrogen-bond donors (Lipinski definition) is 1. The lowest BCUT2D eigenvalue weighted by Crippen LogP contribution is -2.50. The number of anilines is 1. The van der Waals surface area contributed by atoms with E-state index in [9.17, 15) is 9.59 Å². The fraction of sp³-hybridized carbons (Fsp3) is 0.429. The lowest BCUT2D eigenvalue weighted by Gasteiger charge is -2.34. The van der Waals surface area contributed by atoms with Crippen LogP contribution < -0.4 is 10.5 Å². The molecule has 9 nitrogen and oxygen atoms in total. The van der Waals surface area contributed by atoms with E-state index >= 15 is 0 Å². The molecule has 1 aromatic carbocycles. The van der Waals surface area contributed by atoms with Gasteiger partial charge in [-0.2, -0.15) is 4.98 Å². The number of rotatable bonds is 4. The highest BCUT2D eigenvalue weighted by Gasteiger charge is 2.46. The Bertz CT molecular complexity index is 1230. The average molecular weight is 487 g/mol. The number of methoxy groups -OCH3 is 1. The number of aryl methyl sites for hydroxylation is 2. The number of fused-ring (bicyclic) bond motifs is 3. The van der Waals surface area contributed by atoms with Crippen LogP contribution in [0.15, 0.2) is 27.6 Å². The molecule has 2 aliphatic heterocycles. The second kappa shape index (κ2) is 7.45. The number of H-pyrrole nitrogens is 1. The van der Waals surface area contributed by atoms with Crippen LogP contribution in [0.4, 0.5) is 5.95 Å². The van der Waals surface area contributed by atoms with E-state index in [4.69, 9.17) is 4.74 Å². The van der Waals surface area contributed by atoms with Crippen LogP contribution in [0.3, 0.4) is 0 Å². The van der Waals surface area contributed by atoms with E-state index < -0.39 is 0 Å². The molecule has 0 aliphatic carbocycles. The standard InChI is InChI=1S/C21H23BrN6O3/c1-11-4-13(22)5-12(2)18(11)28-9-16-19(25-28)23-21(24-20(16)30)27-8-14-6-15(27)7-26(14)17(29)10-31-3/h4-5,9,14-15H,6-8,10H2,1-3H3,(H,23,24,25,30). The Balaban J connectivity index is 1.47. The minimum absolute atomic E-state index is 0.00513. The summed E-state index contributed by atoms with van der Waals surface area (Å²) in [6, 6.07) is 4.29. The van der Waals surface area contributed by atoms with Gasteiger partial charge in [0.05, 0.1) is 17.8 Å². The van der Waals surface area contributed by atoms with Crippen LogP contribution in [-0.2, 0) is 9.53 Å². The zero-order chi connectivity index (χ0) is 21.9. The molecule has 1 N–H and O–H groups in total. The van der Waals surface area contributed by atoms with Crippen LogP contribution in [-0.4, -0.2) is 69.4 Å². The lowest BCUT2D eigenvalue weighted by atomic mass is 10.1. The maximum absolute atomic E-state index is 12.8. The van der Waals surface area contributed by atoms with Crippen molar-refractivity contribution in [3.8, 4) is 5.69 Å². The predicted molar refractivity (Wildman–Crippen MR) is 120 cm³/mol. The molecule has 2 saturated heterocycles. The number of carbonyl (C=O) groups is 1. The molecule has 2 aliphatic rings. The van der Waals surface area contributed by atoms with E-state index in [1.165, 1.54) is 7.11 Å². The molecule has 4 heterocycles. The molecule has 1 amide bonds. The van der Waals surface area contributed by atoms with Gasteiger partial charge in [-0.25, -0.2) is 4.68 Å². The third kappa shape index (κ3) is 3.34. The number of benzene rings is 1. The number of ether oxygens (including phenoxy) is 1. The molecule has 2 unspecified atom stereocenters. The van der Waals surface area contributed by atoms with Gasteiger partial charge >= 0.3 is 0 Å². The van der Waals surface area contributed by atoms with Gasteiger partial charge in [0, 0.05) is 30.9 Å². The Labute approximate surface area is 187 Å². The summed E-state index contributed by atoms with van der Waals surface area (Å²) < 4.78 is 7.72. The number of amides is 1. The molecular formula is C21H23BrN6O3. The molecule has 31 heavy (non-hydrogen) atoms. The van der Waals surface area contributed by atoms with E-state index in [-0.39, 0.29) is 30.2 Å². The van der Waals surface area contributed by atoms with Crippen molar-refractivity contribution >= 4 is 38.8 Å². The van der Waals surface area contributed by atoms with Crippen LogP contribution in [0.25, 0.3) is 16.7 Å². The van der Waals surface area contributed by atoms with Crippen LogP contribution >= 0.6 is 15.9 Å². The zero-order valence-corrected chi connectivity index (χ0v) is 19.1. The summed E-state index contributed by atoms with van der Waals surface area (Å²) in [5.74, 6) is 0.517. The van der Waals surface area contributed by atoms with E-state index in [2.05, 4.69) is 35.9 Å². The number of aromatic amines is 1. The van der Waals surface area contributed by atoms with Gasteiger partial charge in [-0.3, -0.25) is 14.6 Å². The third-order valence-electron chi connectivity index (χ3n) is 6.16. The second-order valence-corrected chi connectivity index (χ2v) is 9.18. The monoisotopic (exact) mass is 486 g/mol. The number of nitrogens with one attached hydrogen (secondary N) is 1. The highest BCUT2D eigenvalue weighted by molar-refractivity contribution is 9.10. The molecule has 3 aromatic rings. The second-order valence-electron chi connectivity index (χ2n) is 8.26. The molecule has 2 atom stereocenters. The first-order chi connectivity index (χ1) is 14.9. The maximum Gasteiger partial charge on any atom is 0.263 e. The molecular weight excluding hydrogens is 464 g/mol. The van der Waals surface area contributed by atoms with Crippen LogP contribution in [0, 0.1) is 13.8 Å². The van der Waals surface area contributed by atoms with E-state index in [1.54, 1.807) is 10.9 Å². The molecule has 0 spiro atoms. The number of piperazine rings is 1. The van der Waals surface area contributed by atoms with Crippen molar-refractivity contribution in [3.63, 3.8) is 0 Å². The first-order valence-corrected chi connectivity index (χ1v) is 11.0. The topological polar surface area (TPSA) is 96.3 Å². The Kier molecular flexibility index (Phi) is 4.86. The minimum Gasteiger partial charge on any atom is -0.375 e. The van der Waals surface area contributed by atoms with Gasteiger partial charge in [-0.05, 0) is 43.5 Å². The first kappa shape index (κ1) is 20.2. The van der Waals surface area contributed by atoms with Crippen molar-refractivity contribution < 1.29 is 9.53 Å². The first-order valence-electron chi connectivity index (χ1n) is 10.2. The average Bonchev–Trinajstić information content (AvgIpc) is 3.41. The highest BCUT2D eigenvalue weighted by atomic mass is 79.9. The van der Waals surface area contributed by atoms with Gasteiger partial charge in [0.2, 0.25) is 11.9 Å². The van der Waals surface area contributed by atoms with Gasteiger partial charge in [0.15, 0.2) is 5.65 Å². The quantitative estimate of drug-likeness (QED) is 0.605. The van der Waals surface area contributed by atoms with E-state index in [0.29, 0.717) is 30.1 Å². The Morgan fingerprint density at radius 3 is 2.65 bits per heavy atom. The summed E-state index contributed by atoms with van der Waals surface area (Å²) in [7, 11) is 1.53. The fourth-order valence-corrected chi connectivity index (χ4v) is 5.54. The SMILES string of the molecule is COCC(=O)N1CC2CC1CN2c1nc2nn(-c3c(C)cc(Br)cc3C)cc2c(=O)[nH]1. The van der Waals surface area contributed by atoms with Crippen LogP contribution in [0.5, 0.6) is 0 Å². The van der Waals surface area contributed by atoms with Gasteiger partial charge < -0.3 is 14.5 Å². The van der Waals surface area contributed by atoms with Gasteiger partial charge in [-0.1, -0.05) is 15.9 Å². The molecule has 162 valence electrons. The van der Waals surface area contributed by atoms with E-state index in [1.807, 2.05) is 30.9 Å². The number of carbonyl (C=O) groups excluding carboxylic acids is 1. The van der Waals surface area contributed by atoms with Crippen molar-refractivity contribution in [2.45, 2.75) is 32.4 Å². The normalized spacial score (nSPS) is 20.3. The number of likely N-dealkylation sites (tertiary alicyclic amines) is 1. The predicted octanol–water partition coefficient (Wildman–Crippen LogP) is 1.92. The van der Waals surface area contributed by atoms with Crippen molar-refractivity contribution in [3.05, 3.63) is 44.3 Å². The van der Waals surface area contributed by atoms with Gasteiger partial charge in [-0.15, -0.1) is 5.10 Å².